The Bertz CT molecular complexity index is 596. The van der Waals surface area contributed by atoms with Crippen LogP contribution in [0.2, 0.25) is 0 Å². The fourth-order valence-corrected chi connectivity index (χ4v) is 1.63. The van der Waals surface area contributed by atoms with Crippen LogP contribution in [0, 0.1) is 10.1 Å². The zero-order valence-corrected chi connectivity index (χ0v) is 9.19. The third-order valence-electron chi connectivity index (χ3n) is 2.11. The molecule has 0 saturated carbocycles. The van der Waals surface area contributed by atoms with E-state index in [0.29, 0.717) is 10.9 Å². The van der Waals surface area contributed by atoms with E-state index >= 15 is 0 Å². The van der Waals surface area contributed by atoms with Crippen molar-refractivity contribution in [3.63, 3.8) is 0 Å². The number of aromatic nitrogens is 2. The molecule has 2 rings (SSSR count). The molecule has 8 nitrogen and oxygen atoms in total. The Morgan fingerprint density at radius 2 is 2.29 bits per heavy atom. The third kappa shape index (κ3) is 2.40. The van der Waals surface area contributed by atoms with Crippen LogP contribution < -0.4 is 5.32 Å². The summed E-state index contributed by atoms with van der Waals surface area (Å²) in [6.45, 7) is 0. The molecular formula is C8H7N4O4S-. The number of hydrogen-bond acceptors (Lipinski definition) is 6. The van der Waals surface area contributed by atoms with E-state index in [-0.39, 0.29) is 17.4 Å². The average Bonchev–Trinajstić information content (AvgIpc) is 2.68. The summed E-state index contributed by atoms with van der Waals surface area (Å²) < 4.78 is 20.8. The van der Waals surface area contributed by atoms with Gasteiger partial charge < -0.3 is 9.87 Å². The van der Waals surface area contributed by atoms with E-state index in [9.17, 15) is 18.9 Å². The van der Waals surface area contributed by atoms with Crippen molar-refractivity contribution in [2.75, 3.05) is 11.2 Å². The topological polar surface area (TPSA) is 124 Å². The number of hydrogen-bond donors (Lipinski definition) is 2. The zero-order valence-electron chi connectivity index (χ0n) is 8.37. The molecule has 17 heavy (non-hydrogen) atoms. The highest BCUT2D eigenvalue weighted by Crippen LogP contribution is 2.24. The predicted molar refractivity (Wildman–Crippen MR) is 60.2 cm³/mol. The maximum absolute atomic E-state index is 10.6. The molecular weight excluding hydrogens is 248 g/mol. The molecule has 90 valence electrons. The molecule has 0 saturated heterocycles. The predicted octanol–water partition coefficient (Wildman–Crippen LogP) is 0.720. The van der Waals surface area contributed by atoms with Crippen molar-refractivity contribution in [1.29, 1.82) is 0 Å². The lowest BCUT2D eigenvalue weighted by molar-refractivity contribution is -0.384. The molecule has 1 unspecified atom stereocenters. The second-order valence-corrected chi connectivity index (χ2v) is 4.08. The Morgan fingerprint density at radius 1 is 1.53 bits per heavy atom. The number of nitrogens with one attached hydrogen (secondary N) is 2. The van der Waals surface area contributed by atoms with Gasteiger partial charge in [-0.05, 0) is 17.1 Å². The molecule has 0 fully saturated rings. The van der Waals surface area contributed by atoms with Crippen molar-refractivity contribution in [3.8, 4) is 0 Å². The van der Waals surface area contributed by atoms with Crippen LogP contribution in [0.4, 0.5) is 11.5 Å². The van der Waals surface area contributed by atoms with Crippen molar-refractivity contribution < 1.29 is 13.7 Å². The number of nitro benzene ring substituents is 1. The van der Waals surface area contributed by atoms with Crippen molar-refractivity contribution in [1.82, 2.24) is 10.2 Å². The van der Waals surface area contributed by atoms with E-state index in [1.165, 1.54) is 18.2 Å². The van der Waals surface area contributed by atoms with Crippen LogP contribution in [0.3, 0.4) is 0 Å². The van der Waals surface area contributed by atoms with Gasteiger partial charge in [0.15, 0.2) is 5.82 Å². The molecule has 1 atom stereocenters. The minimum absolute atomic E-state index is 0.0785. The molecule has 9 heteroatoms. The number of nitro groups is 1. The molecule has 0 amide bonds. The van der Waals surface area contributed by atoms with Crippen molar-refractivity contribution in [2.24, 2.45) is 0 Å². The van der Waals surface area contributed by atoms with Gasteiger partial charge >= 0.3 is 0 Å². The first-order valence-corrected chi connectivity index (χ1v) is 5.74. The summed E-state index contributed by atoms with van der Waals surface area (Å²) >= 11 is -2.26. The first-order valence-electron chi connectivity index (χ1n) is 4.50. The van der Waals surface area contributed by atoms with Gasteiger partial charge in [-0.15, -0.1) is 0 Å². The number of rotatable bonds is 4. The van der Waals surface area contributed by atoms with Crippen LogP contribution in [0.25, 0.3) is 10.9 Å². The number of non-ortho nitro benzene ring substituents is 1. The second kappa shape index (κ2) is 4.47. The molecule has 0 radical (unpaired) electrons. The van der Waals surface area contributed by atoms with Gasteiger partial charge in [0.1, 0.15) is 0 Å². The Morgan fingerprint density at radius 3 is 2.94 bits per heavy atom. The van der Waals surface area contributed by atoms with E-state index in [0.717, 1.165) is 0 Å². The number of benzene rings is 1. The van der Waals surface area contributed by atoms with Gasteiger partial charge in [0.05, 0.1) is 21.7 Å². The average molecular weight is 255 g/mol. The molecule has 2 N–H and O–H groups in total. The zero-order chi connectivity index (χ0) is 12.4. The van der Waals surface area contributed by atoms with Crippen molar-refractivity contribution in [2.45, 2.75) is 0 Å². The largest absolute Gasteiger partial charge is 0.771 e. The van der Waals surface area contributed by atoms with E-state index in [2.05, 4.69) is 15.5 Å². The van der Waals surface area contributed by atoms with Crippen LogP contribution in [-0.2, 0) is 11.1 Å². The molecule has 0 aliphatic heterocycles. The summed E-state index contributed by atoms with van der Waals surface area (Å²) in [5, 5.41) is 20.1. The van der Waals surface area contributed by atoms with Gasteiger partial charge in [-0.3, -0.25) is 19.4 Å². The number of nitrogens with zero attached hydrogens (tertiary/aromatic N) is 2. The third-order valence-corrected chi connectivity index (χ3v) is 2.49. The number of aromatic amines is 1. The Labute approximate surface area is 97.5 Å². The minimum Gasteiger partial charge on any atom is -0.771 e. The maximum Gasteiger partial charge on any atom is 0.270 e. The molecule has 0 bridgehead atoms. The van der Waals surface area contributed by atoms with Crippen molar-refractivity contribution >= 4 is 33.5 Å². The molecule has 0 spiro atoms. The Balaban J connectivity index is 2.39. The smallest absolute Gasteiger partial charge is 0.270 e. The molecule has 0 aliphatic rings. The van der Waals surface area contributed by atoms with Crippen LogP contribution in [0.1, 0.15) is 0 Å². The van der Waals surface area contributed by atoms with E-state index in [4.69, 9.17) is 0 Å². The first-order chi connectivity index (χ1) is 8.08. The van der Waals surface area contributed by atoms with Crippen LogP contribution in [0.5, 0.6) is 0 Å². The molecule has 1 heterocycles. The SMILES string of the molecule is O=[N+]([O-])c1ccc2[nH]nc(NCS(=O)[O-])c2c1. The highest BCUT2D eigenvalue weighted by atomic mass is 32.2. The quantitative estimate of drug-likeness (QED) is 0.471. The monoisotopic (exact) mass is 255 g/mol. The van der Waals surface area contributed by atoms with E-state index in [1.807, 2.05) is 0 Å². The fourth-order valence-electron chi connectivity index (χ4n) is 1.38. The van der Waals surface area contributed by atoms with Gasteiger partial charge in [-0.25, -0.2) is 0 Å². The normalized spacial score (nSPS) is 12.5. The van der Waals surface area contributed by atoms with Crippen molar-refractivity contribution in [3.05, 3.63) is 28.3 Å². The lowest BCUT2D eigenvalue weighted by Crippen LogP contribution is -2.07. The fraction of sp³-hybridized carbons (Fsp3) is 0.125. The van der Waals surface area contributed by atoms with E-state index in [1.54, 1.807) is 0 Å². The standard InChI is InChI=1S/C8H8N4O4S/c13-12(14)5-1-2-7-6(3-5)8(11-10-7)9-4-17(15)16/h1-3H,4H2,(H,15,16)(H2,9,10,11)/p-1. The van der Waals surface area contributed by atoms with Crippen LogP contribution >= 0.6 is 0 Å². The minimum atomic E-state index is -2.26. The highest BCUT2D eigenvalue weighted by Gasteiger charge is 2.11. The molecule has 2 aromatic rings. The molecule has 1 aromatic carbocycles. The van der Waals surface area contributed by atoms with Gasteiger partial charge in [0, 0.05) is 12.1 Å². The number of anilines is 1. The number of H-pyrrole nitrogens is 1. The van der Waals surface area contributed by atoms with Gasteiger partial charge in [0.2, 0.25) is 0 Å². The summed E-state index contributed by atoms with van der Waals surface area (Å²) in [7, 11) is 0. The molecule has 1 aromatic heterocycles. The summed E-state index contributed by atoms with van der Waals surface area (Å²) in [4.78, 5) is 10.1. The summed E-state index contributed by atoms with van der Waals surface area (Å²) in [5.41, 5.74) is 0.514. The van der Waals surface area contributed by atoms with Crippen LogP contribution in [0.15, 0.2) is 18.2 Å². The summed E-state index contributed by atoms with van der Waals surface area (Å²) in [5.74, 6) is -0.0317. The van der Waals surface area contributed by atoms with E-state index < -0.39 is 16.0 Å². The van der Waals surface area contributed by atoms with Gasteiger partial charge in [-0.2, -0.15) is 5.10 Å². The van der Waals surface area contributed by atoms with Crippen LogP contribution in [-0.4, -0.2) is 29.8 Å². The Kier molecular flexibility index (Phi) is 3.02. The van der Waals surface area contributed by atoms with Gasteiger partial charge in [-0.1, -0.05) is 0 Å². The molecule has 0 aliphatic carbocycles. The number of fused-ring (bicyclic) bond motifs is 1. The summed E-state index contributed by atoms with van der Waals surface area (Å²) in [6.07, 6.45) is 0. The first kappa shape index (κ1) is 11.5. The summed E-state index contributed by atoms with van der Waals surface area (Å²) in [6, 6.07) is 4.19. The van der Waals surface area contributed by atoms with Gasteiger partial charge in [0.25, 0.3) is 5.69 Å². The lowest BCUT2D eigenvalue weighted by atomic mass is 10.2. The maximum atomic E-state index is 10.6. The lowest BCUT2D eigenvalue weighted by Gasteiger charge is -2.05. The highest BCUT2D eigenvalue weighted by molar-refractivity contribution is 7.79. The second-order valence-electron chi connectivity index (χ2n) is 3.18. The Hall–Kier alpha value is -2.00.